The zero-order valence-electron chi connectivity index (χ0n) is 10.8. The van der Waals surface area contributed by atoms with Gasteiger partial charge in [0.15, 0.2) is 0 Å². The van der Waals surface area contributed by atoms with Gasteiger partial charge in [0.05, 0.1) is 0 Å². The molecule has 1 fully saturated rings. The topological polar surface area (TPSA) is 29.3 Å². The van der Waals surface area contributed by atoms with Crippen molar-refractivity contribution < 1.29 is 8.78 Å². The van der Waals surface area contributed by atoms with Crippen LogP contribution in [0.4, 0.5) is 14.5 Å². The van der Waals surface area contributed by atoms with E-state index in [9.17, 15) is 8.78 Å². The number of nitrogens with zero attached hydrogens (tertiary/aromatic N) is 1. The number of benzene rings is 1. The zero-order valence-corrected chi connectivity index (χ0v) is 10.8. The maximum atomic E-state index is 14.0. The third-order valence-electron chi connectivity index (χ3n) is 3.73. The lowest BCUT2D eigenvalue weighted by Gasteiger charge is -2.27. The third-order valence-corrected chi connectivity index (χ3v) is 3.73. The smallest absolute Gasteiger partial charge is 0.149 e. The Hall–Kier alpha value is -1.16. The van der Waals surface area contributed by atoms with E-state index in [2.05, 4.69) is 0 Å². The summed E-state index contributed by atoms with van der Waals surface area (Å²) in [5.74, 6) is -0.958. The van der Waals surface area contributed by atoms with Crippen LogP contribution in [0.25, 0.3) is 0 Å². The van der Waals surface area contributed by atoms with E-state index in [1.165, 1.54) is 12.1 Å². The third kappa shape index (κ3) is 2.64. The Bertz CT molecular complexity index is 391. The number of anilines is 1. The van der Waals surface area contributed by atoms with Gasteiger partial charge in [-0.1, -0.05) is 12.8 Å². The molecule has 0 saturated heterocycles. The van der Waals surface area contributed by atoms with Crippen molar-refractivity contribution in [2.45, 2.75) is 38.1 Å². The van der Waals surface area contributed by atoms with E-state index in [0.29, 0.717) is 18.5 Å². The van der Waals surface area contributed by atoms with Crippen molar-refractivity contribution in [2.24, 2.45) is 5.73 Å². The lowest BCUT2D eigenvalue weighted by molar-refractivity contribution is 0.551. The van der Waals surface area contributed by atoms with Crippen LogP contribution < -0.4 is 10.6 Å². The van der Waals surface area contributed by atoms with Crippen LogP contribution in [0.3, 0.4) is 0 Å². The van der Waals surface area contributed by atoms with Gasteiger partial charge in [-0.15, -0.1) is 0 Å². The molecule has 0 aliphatic heterocycles. The number of halogens is 2. The molecule has 0 radical (unpaired) electrons. The summed E-state index contributed by atoms with van der Waals surface area (Å²) in [6, 6.07) is 3.06. The van der Waals surface area contributed by atoms with Crippen molar-refractivity contribution >= 4 is 5.69 Å². The average Bonchev–Trinajstić information content (AvgIpc) is 2.81. The lowest BCUT2D eigenvalue weighted by Crippen LogP contribution is -2.30. The van der Waals surface area contributed by atoms with Gasteiger partial charge in [-0.25, -0.2) is 8.78 Å². The first-order valence-corrected chi connectivity index (χ1v) is 6.54. The SMILES string of the molecule is CN(c1c(F)cc(CCN)cc1F)C1CCCC1. The predicted molar refractivity (Wildman–Crippen MR) is 69.8 cm³/mol. The Labute approximate surface area is 107 Å². The largest absolute Gasteiger partial charge is 0.367 e. The molecule has 0 aromatic heterocycles. The highest BCUT2D eigenvalue weighted by molar-refractivity contribution is 5.51. The standard InChI is InChI=1S/C14H20F2N2/c1-18(11-4-2-3-5-11)14-12(15)8-10(6-7-17)9-13(14)16/h8-9,11H,2-7,17H2,1H3. The van der Waals surface area contributed by atoms with Gasteiger partial charge in [-0.2, -0.15) is 0 Å². The summed E-state index contributed by atoms with van der Waals surface area (Å²) in [7, 11) is 1.78. The van der Waals surface area contributed by atoms with Crippen LogP contribution in [0, 0.1) is 11.6 Å². The van der Waals surface area contributed by atoms with Gasteiger partial charge in [0.1, 0.15) is 17.3 Å². The molecule has 1 aromatic rings. The summed E-state index contributed by atoms with van der Waals surface area (Å²) in [6.07, 6.45) is 4.81. The van der Waals surface area contributed by atoms with Gasteiger partial charge in [-0.05, 0) is 43.5 Å². The average molecular weight is 254 g/mol. The minimum atomic E-state index is -0.479. The summed E-state index contributed by atoms with van der Waals surface area (Å²) in [5.41, 5.74) is 6.12. The molecule has 1 saturated carbocycles. The molecule has 0 atom stereocenters. The molecule has 0 bridgehead atoms. The summed E-state index contributed by atoms with van der Waals surface area (Å²) < 4.78 is 28.0. The molecule has 1 aliphatic rings. The molecule has 18 heavy (non-hydrogen) atoms. The van der Waals surface area contributed by atoms with E-state index in [4.69, 9.17) is 5.73 Å². The van der Waals surface area contributed by atoms with Crippen LogP contribution in [-0.2, 0) is 6.42 Å². The summed E-state index contributed by atoms with van der Waals surface area (Å²) in [6.45, 7) is 0.399. The van der Waals surface area contributed by atoms with Crippen molar-refractivity contribution in [3.63, 3.8) is 0 Å². The summed E-state index contributed by atoms with van der Waals surface area (Å²) in [4.78, 5) is 1.75. The zero-order chi connectivity index (χ0) is 13.1. The number of hydrogen-bond donors (Lipinski definition) is 1. The molecule has 2 N–H and O–H groups in total. The maximum Gasteiger partial charge on any atom is 0.149 e. The van der Waals surface area contributed by atoms with Gasteiger partial charge < -0.3 is 10.6 Å². The molecular weight excluding hydrogens is 234 g/mol. The molecule has 0 heterocycles. The Balaban J connectivity index is 2.26. The number of hydrogen-bond acceptors (Lipinski definition) is 2. The fourth-order valence-corrected chi connectivity index (χ4v) is 2.74. The predicted octanol–water partition coefficient (Wildman–Crippen LogP) is 2.84. The molecule has 2 nitrogen and oxygen atoms in total. The summed E-state index contributed by atoms with van der Waals surface area (Å²) >= 11 is 0. The Morgan fingerprint density at radius 3 is 2.28 bits per heavy atom. The highest BCUT2D eigenvalue weighted by atomic mass is 19.1. The maximum absolute atomic E-state index is 14.0. The van der Waals surface area contributed by atoms with Crippen LogP contribution >= 0.6 is 0 Å². The highest BCUT2D eigenvalue weighted by Crippen LogP contribution is 2.31. The number of rotatable bonds is 4. The van der Waals surface area contributed by atoms with Crippen LogP contribution in [0.5, 0.6) is 0 Å². The number of nitrogens with two attached hydrogens (primary N) is 1. The minimum absolute atomic E-state index is 0.0997. The second-order valence-electron chi connectivity index (χ2n) is 5.00. The fraction of sp³-hybridized carbons (Fsp3) is 0.571. The van der Waals surface area contributed by atoms with E-state index in [-0.39, 0.29) is 11.7 Å². The normalized spacial score (nSPS) is 16.2. The molecule has 0 amide bonds. The molecule has 0 unspecified atom stereocenters. The lowest BCUT2D eigenvalue weighted by atomic mass is 10.1. The van der Waals surface area contributed by atoms with E-state index in [1.54, 1.807) is 11.9 Å². The van der Waals surface area contributed by atoms with Crippen LogP contribution in [0.15, 0.2) is 12.1 Å². The molecule has 1 aliphatic carbocycles. The second kappa shape index (κ2) is 5.65. The molecule has 1 aromatic carbocycles. The first-order chi connectivity index (χ1) is 8.63. The first-order valence-electron chi connectivity index (χ1n) is 6.54. The van der Waals surface area contributed by atoms with Crippen LogP contribution in [-0.4, -0.2) is 19.6 Å². The molecular formula is C14H20F2N2. The molecule has 100 valence electrons. The van der Waals surface area contributed by atoms with E-state index < -0.39 is 11.6 Å². The van der Waals surface area contributed by atoms with Crippen LogP contribution in [0.2, 0.25) is 0 Å². The monoisotopic (exact) mass is 254 g/mol. The molecule has 2 rings (SSSR count). The quantitative estimate of drug-likeness (QED) is 0.895. The van der Waals surface area contributed by atoms with Gasteiger partial charge in [0, 0.05) is 13.1 Å². The highest BCUT2D eigenvalue weighted by Gasteiger charge is 2.24. The van der Waals surface area contributed by atoms with E-state index in [0.717, 1.165) is 25.7 Å². The fourth-order valence-electron chi connectivity index (χ4n) is 2.74. The minimum Gasteiger partial charge on any atom is -0.367 e. The van der Waals surface area contributed by atoms with E-state index >= 15 is 0 Å². The van der Waals surface area contributed by atoms with Crippen molar-refractivity contribution in [3.8, 4) is 0 Å². The van der Waals surface area contributed by atoms with Gasteiger partial charge in [-0.3, -0.25) is 0 Å². The summed E-state index contributed by atoms with van der Waals surface area (Å²) in [5, 5.41) is 0. The first kappa shape index (κ1) is 13.3. The van der Waals surface area contributed by atoms with Gasteiger partial charge in [0.2, 0.25) is 0 Å². The van der Waals surface area contributed by atoms with E-state index in [1.807, 2.05) is 0 Å². The molecule has 4 heteroatoms. The molecule has 0 spiro atoms. The van der Waals surface area contributed by atoms with Gasteiger partial charge in [0.25, 0.3) is 0 Å². The Morgan fingerprint density at radius 1 is 1.22 bits per heavy atom. The van der Waals surface area contributed by atoms with Crippen molar-refractivity contribution in [3.05, 3.63) is 29.3 Å². The Morgan fingerprint density at radius 2 is 1.78 bits per heavy atom. The van der Waals surface area contributed by atoms with Crippen molar-refractivity contribution in [1.82, 2.24) is 0 Å². The van der Waals surface area contributed by atoms with Crippen LogP contribution in [0.1, 0.15) is 31.2 Å². The van der Waals surface area contributed by atoms with Crippen molar-refractivity contribution in [1.29, 1.82) is 0 Å². The Kier molecular flexibility index (Phi) is 4.17. The van der Waals surface area contributed by atoms with Crippen molar-refractivity contribution in [2.75, 3.05) is 18.5 Å². The van der Waals surface area contributed by atoms with Gasteiger partial charge >= 0.3 is 0 Å². The second-order valence-corrected chi connectivity index (χ2v) is 5.00.